The first-order valence-corrected chi connectivity index (χ1v) is 5.77. The van der Waals surface area contributed by atoms with Crippen molar-refractivity contribution in [1.29, 1.82) is 0 Å². The second-order valence-corrected chi connectivity index (χ2v) is 4.48. The molecule has 2 nitrogen and oxygen atoms in total. The van der Waals surface area contributed by atoms with E-state index in [1.54, 1.807) is 11.3 Å². The van der Waals surface area contributed by atoms with E-state index >= 15 is 0 Å². The van der Waals surface area contributed by atoms with E-state index in [1.165, 1.54) is 11.4 Å². The van der Waals surface area contributed by atoms with Gasteiger partial charge in [-0.25, -0.2) is 4.98 Å². The Morgan fingerprint density at radius 2 is 2.21 bits per heavy atom. The molecular weight excluding hydrogens is 239 g/mol. The number of nitrogens with zero attached hydrogens (tertiary/aromatic N) is 2. The van der Waals surface area contributed by atoms with Crippen LogP contribution in [-0.2, 0) is 12.3 Å². The largest absolute Gasteiger partial charge is 0.309 e. The molecule has 1 aromatic heterocycles. The molecule has 0 radical (unpaired) electrons. The van der Waals surface area contributed by atoms with Crippen LogP contribution in [0.1, 0.15) is 17.1 Å². The predicted octanol–water partition coefficient (Wildman–Crippen LogP) is 2.80. The molecule has 0 saturated carbocycles. The molecule has 0 N–H and O–H groups in total. The zero-order valence-corrected chi connectivity index (χ0v) is 10.9. The summed E-state index contributed by atoms with van der Waals surface area (Å²) in [6, 6.07) is 0. The lowest BCUT2D eigenvalue weighted by Crippen LogP contribution is -2.13. The van der Waals surface area contributed by atoms with Gasteiger partial charge in [0.15, 0.2) is 0 Å². The van der Waals surface area contributed by atoms with Gasteiger partial charge in [-0.1, -0.05) is 0 Å². The number of hydrogen-bond donors (Lipinski definition) is 0. The van der Waals surface area contributed by atoms with Crippen LogP contribution >= 0.6 is 35.3 Å². The minimum Gasteiger partial charge on any atom is -0.309 e. The van der Waals surface area contributed by atoms with E-state index in [2.05, 4.69) is 24.0 Å². The molecule has 1 rings (SSSR count). The summed E-state index contributed by atoms with van der Waals surface area (Å²) in [5.74, 6) is 0.532. The molecule has 82 valence electrons. The summed E-state index contributed by atoms with van der Waals surface area (Å²) in [6.45, 7) is 1.12. The summed E-state index contributed by atoms with van der Waals surface area (Å²) in [6.07, 6.45) is 2.24. The lowest BCUT2D eigenvalue weighted by molar-refractivity contribution is 0.400. The highest BCUT2D eigenvalue weighted by Crippen LogP contribution is 2.13. The van der Waals surface area contributed by atoms with Crippen LogP contribution in [0, 0.1) is 0 Å². The minimum atomic E-state index is 0. The number of aryl methyl sites for hydroxylation is 1. The molecule has 14 heavy (non-hydrogen) atoms. The number of hydrogen-bond acceptors (Lipinski definition) is 3. The summed E-state index contributed by atoms with van der Waals surface area (Å²) >= 11 is 7.37. The van der Waals surface area contributed by atoms with Gasteiger partial charge in [-0.2, -0.15) is 0 Å². The molecule has 0 unspecified atom stereocenters. The molecule has 0 aliphatic carbocycles. The van der Waals surface area contributed by atoms with Crippen LogP contribution in [0.25, 0.3) is 0 Å². The fourth-order valence-electron chi connectivity index (χ4n) is 1.07. The van der Waals surface area contributed by atoms with Gasteiger partial charge in [0.05, 0.1) is 16.6 Å². The Balaban J connectivity index is 0.00000169. The van der Waals surface area contributed by atoms with Crippen molar-refractivity contribution in [3.05, 3.63) is 16.1 Å². The molecule has 0 amide bonds. The molecule has 0 spiro atoms. The first-order valence-electron chi connectivity index (χ1n) is 4.36. The monoisotopic (exact) mass is 254 g/mol. The fourth-order valence-corrected chi connectivity index (χ4v) is 2.14. The third-order valence-electron chi connectivity index (χ3n) is 1.73. The Hall–Kier alpha value is 0.170. The van der Waals surface area contributed by atoms with Crippen LogP contribution in [0.5, 0.6) is 0 Å². The van der Waals surface area contributed by atoms with E-state index < -0.39 is 0 Å². The van der Waals surface area contributed by atoms with E-state index in [1.807, 2.05) is 5.38 Å². The minimum absolute atomic E-state index is 0. The van der Waals surface area contributed by atoms with E-state index in [9.17, 15) is 0 Å². The topological polar surface area (TPSA) is 16.1 Å². The van der Waals surface area contributed by atoms with Gasteiger partial charge in [-0.05, 0) is 27.1 Å². The number of halogens is 2. The highest BCUT2D eigenvalue weighted by molar-refractivity contribution is 7.09. The van der Waals surface area contributed by atoms with Gasteiger partial charge in [0.1, 0.15) is 0 Å². The van der Waals surface area contributed by atoms with Crippen molar-refractivity contribution >= 4 is 35.3 Å². The maximum atomic E-state index is 5.66. The lowest BCUT2D eigenvalue weighted by Gasteiger charge is -2.07. The summed E-state index contributed by atoms with van der Waals surface area (Å²) in [4.78, 5) is 6.58. The summed E-state index contributed by atoms with van der Waals surface area (Å²) < 4.78 is 0. The number of alkyl halides is 1. The Labute approximate surface area is 101 Å². The molecular formula is C9H16Cl2N2S. The van der Waals surface area contributed by atoms with Gasteiger partial charge in [0.25, 0.3) is 0 Å². The van der Waals surface area contributed by atoms with E-state index in [-0.39, 0.29) is 12.4 Å². The van der Waals surface area contributed by atoms with Crippen LogP contribution in [0.15, 0.2) is 5.38 Å². The standard InChI is InChI=1S/C9H15ClN2S.ClH/c1-12(2)5-3-4-9-11-8(6-10)7-13-9;/h7H,3-6H2,1-2H3;1H. The highest BCUT2D eigenvalue weighted by atomic mass is 35.5. The number of thiazole rings is 1. The molecule has 0 aromatic carbocycles. The second kappa shape index (κ2) is 7.46. The fraction of sp³-hybridized carbons (Fsp3) is 0.667. The summed E-state index contributed by atoms with van der Waals surface area (Å²) in [5.41, 5.74) is 1.01. The molecule has 5 heteroatoms. The average Bonchev–Trinajstić information content (AvgIpc) is 2.52. The molecule has 0 fully saturated rings. The quantitative estimate of drug-likeness (QED) is 0.752. The van der Waals surface area contributed by atoms with E-state index in [0.29, 0.717) is 5.88 Å². The van der Waals surface area contributed by atoms with Gasteiger partial charge in [0.2, 0.25) is 0 Å². The van der Waals surface area contributed by atoms with Gasteiger partial charge in [-0.15, -0.1) is 35.3 Å². The molecule has 0 aliphatic heterocycles. The van der Waals surface area contributed by atoms with E-state index in [4.69, 9.17) is 11.6 Å². The average molecular weight is 255 g/mol. The van der Waals surface area contributed by atoms with Gasteiger partial charge in [-0.3, -0.25) is 0 Å². The molecule has 0 atom stereocenters. The maximum Gasteiger partial charge on any atom is 0.0929 e. The maximum absolute atomic E-state index is 5.66. The van der Waals surface area contributed by atoms with Crippen molar-refractivity contribution in [1.82, 2.24) is 9.88 Å². The number of aromatic nitrogens is 1. The first kappa shape index (κ1) is 14.2. The Morgan fingerprint density at radius 1 is 1.50 bits per heavy atom. The normalized spacial score (nSPS) is 10.3. The predicted molar refractivity (Wildman–Crippen MR) is 65.8 cm³/mol. The van der Waals surface area contributed by atoms with Crippen LogP contribution < -0.4 is 0 Å². The van der Waals surface area contributed by atoms with Crippen LogP contribution in [-0.4, -0.2) is 30.5 Å². The third-order valence-corrected chi connectivity index (χ3v) is 2.96. The van der Waals surface area contributed by atoms with Crippen molar-refractivity contribution in [3.63, 3.8) is 0 Å². The molecule has 0 bridgehead atoms. The van der Waals surface area contributed by atoms with Crippen LogP contribution in [0.3, 0.4) is 0 Å². The molecule has 1 heterocycles. The van der Waals surface area contributed by atoms with E-state index in [0.717, 1.165) is 18.7 Å². The summed E-state index contributed by atoms with van der Waals surface area (Å²) in [5, 5.41) is 3.25. The van der Waals surface area contributed by atoms with Crippen LogP contribution in [0.2, 0.25) is 0 Å². The Bertz CT molecular complexity index is 251. The lowest BCUT2D eigenvalue weighted by atomic mass is 10.3. The Kier molecular flexibility index (Phi) is 7.55. The van der Waals surface area contributed by atoms with Crippen molar-refractivity contribution in [2.75, 3.05) is 20.6 Å². The second-order valence-electron chi connectivity index (χ2n) is 3.27. The smallest absolute Gasteiger partial charge is 0.0929 e. The van der Waals surface area contributed by atoms with Crippen LogP contribution in [0.4, 0.5) is 0 Å². The number of rotatable bonds is 5. The van der Waals surface area contributed by atoms with Crippen molar-refractivity contribution in [2.45, 2.75) is 18.7 Å². The van der Waals surface area contributed by atoms with Crippen molar-refractivity contribution in [2.24, 2.45) is 0 Å². The van der Waals surface area contributed by atoms with Gasteiger partial charge < -0.3 is 4.90 Å². The Morgan fingerprint density at radius 3 is 2.71 bits per heavy atom. The molecule has 0 aliphatic rings. The zero-order valence-electron chi connectivity index (χ0n) is 8.49. The van der Waals surface area contributed by atoms with Crippen molar-refractivity contribution < 1.29 is 0 Å². The molecule has 0 saturated heterocycles. The SMILES string of the molecule is CN(C)CCCc1nc(CCl)cs1.Cl. The van der Waals surface area contributed by atoms with Gasteiger partial charge >= 0.3 is 0 Å². The highest BCUT2D eigenvalue weighted by Gasteiger charge is 2.00. The first-order chi connectivity index (χ1) is 6.22. The third kappa shape index (κ3) is 5.15. The van der Waals surface area contributed by atoms with Gasteiger partial charge in [0, 0.05) is 11.8 Å². The zero-order chi connectivity index (χ0) is 9.68. The van der Waals surface area contributed by atoms with Crippen molar-refractivity contribution in [3.8, 4) is 0 Å². The summed E-state index contributed by atoms with van der Waals surface area (Å²) in [7, 11) is 4.18. The molecule has 1 aromatic rings.